The Kier molecular flexibility index (Phi) is 6.67. The van der Waals surface area contributed by atoms with E-state index in [1.165, 1.54) is 22.9 Å². The quantitative estimate of drug-likeness (QED) is 0.574. The third-order valence-electron chi connectivity index (χ3n) is 4.01. The molecule has 3 rings (SSSR count). The van der Waals surface area contributed by atoms with Gasteiger partial charge in [-0.1, -0.05) is 35.5 Å². The summed E-state index contributed by atoms with van der Waals surface area (Å²) in [6.45, 7) is 0.489. The van der Waals surface area contributed by atoms with Gasteiger partial charge in [-0.2, -0.15) is 0 Å². The molecule has 0 aliphatic rings. The number of carbonyl (C=O) groups excluding carboxylic acids is 1. The summed E-state index contributed by atoms with van der Waals surface area (Å²) in [7, 11) is 0. The van der Waals surface area contributed by atoms with E-state index >= 15 is 0 Å². The highest BCUT2D eigenvalue weighted by Crippen LogP contribution is 2.16. The van der Waals surface area contributed by atoms with Crippen molar-refractivity contribution in [2.75, 3.05) is 6.54 Å². The molecule has 0 saturated carbocycles. The fourth-order valence-corrected chi connectivity index (χ4v) is 2.61. The standard InChI is InChI=1S/C20H20F2N4O2/c21-17-8-2-1-6-15(17)7-5-11-23-20(27)13-26-12-16(24-25-26)14-28-19-10-4-3-9-18(19)22/h1-4,6,8-10,12H,5,7,11,13-14H2,(H,23,27). The van der Waals surface area contributed by atoms with Crippen LogP contribution < -0.4 is 10.1 Å². The van der Waals surface area contributed by atoms with E-state index in [2.05, 4.69) is 15.6 Å². The van der Waals surface area contributed by atoms with E-state index in [9.17, 15) is 13.6 Å². The predicted octanol–water partition coefficient (Wildman–Crippen LogP) is 2.88. The number of hydrogen-bond donors (Lipinski definition) is 1. The molecule has 0 atom stereocenters. The number of amides is 1. The fourth-order valence-electron chi connectivity index (χ4n) is 2.61. The molecule has 0 bridgehead atoms. The highest BCUT2D eigenvalue weighted by molar-refractivity contribution is 5.75. The van der Waals surface area contributed by atoms with E-state index in [4.69, 9.17) is 4.74 Å². The van der Waals surface area contributed by atoms with Crippen molar-refractivity contribution in [1.29, 1.82) is 0 Å². The summed E-state index contributed by atoms with van der Waals surface area (Å²) in [6.07, 6.45) is 2.75. The van der Waals surface area contributed by atoms with Gasteiger partial charge in [-0.05, 0) is 36.6 Å². The van der Waals surface area contributed by atoms with Crippen molar-refractivity contribution in [3.63, 3.8) is 0 Å². The van der Waals surface area contributed by atoms with Crippen LogP contribution >= 0.6 is 0 Å². The SMILES string of the molecule is O=C(Cn1cc(COc2ccccc2F)nn1)NCCCc1ccccc1F. The Balaban J connectivity index is 1.39. The van der Waals surface area contributed by atoms with Gasteiger partial charge in [0.2, 0.25) is 5.91 Å². The normalized spacial score (nSPS) is 10.6. The minimum Gasteiger partial charge on any atom is -0.484 e. The zero-order valence-electron chi connectivity index (χ0n) is 15.1. The average molecular weight is 386 g/mol. The molecule has 1 amide bonds. The van der Waals surface area contributed by atoms with E-state index in [-0.39, 0.29) is 30.6 Å². The fraction of sp³-hybridized carbons (Fsp3) is 0.250. The second kappa shape index (κ2) is 9.59. The monoisotopic (exact) mass is 386 g/mol. The van der Waals surface area contributed by atoms with Gasteiger partial charge in [0.1, 0.15) is 24.7 Å². The zero-order valence-corrected chi connectivity index (χ0v) is 15.1. The lowest BCUT2D eigenvalue weighted by Crippen LogP contribution is -2.29. The van der Waals surface area contributed by atoms with Crippen molar-refractivity contribution in [3.8, 4) is 5.75 Å². The number of rotatable bonds is 9. The maximum atomic E-state index is 13.5. The first-order valence-electron chi connectivity index (χ1n) is 8.88. The Morgan fingerprint density at radius 2 is 1.82 bits per heavy atom. The minimum absolute atomic E-state index is 0.00635. The van der Waals surface area contributed by atoms with Crippen LogP contribution in [0.4, 0.5) is 8.78 Å². The number of benzene rings is 2. The molecule has 2 aromatic carbocycles. The van der Waals surface area contributed by atoms with Crippen LogP contribution in [0.25, 0.3) is 0 Å². The molecule has 28 heavy (non-hydrogen) atoms. The van der Waals surface area contributed by atoms with Gasteiger partial charge < -0.3 is 10.1 Å². The summed E-state index contributed by atoms with van der Waals surface area (Å²) in [5, 5.41) is 10.5. The lowest BCUT2D eigenvalue weighted by atomic mass is 10.1. The van der Waals surface area contributed by atoms with Crippen LogP contribution in [0.1, 0.15) is 17.7 Å². The van der Waals surface area contributed by atoms with Crippen molar-refractivity contribution in [2.45, 2.75) is 26.0 Å². The maximum Gasteiger partial charge on any atom is 0.241 e. The van der Waals surface area contributed by atoms with Crippen LogP contribution in [-0.2, 0) is 24.4 Å². The third kappa shape index (κ3) is 5.60. The number of nitrogens with one attached hydrogen (secondary N) is 1. The zero-order chi connectivity index (χ0) is 19.8. The number of halogens is 2. The van der Waals surface area contributed by atoms with Crippen LogP contribution in [0.15, 0.2) is 54.7 Å². The molecule has 3 aromatic rings. The van der Waals surface area contributed by atoms with Crippen molar-refractivity contribution in [1.82, 2.24) is 20.3 Å². The molecule has 0 radical (unpaired) electrons. The van der Waals surface area contributed by atoms with Gasteiger partial charge in [0.05, 0.1) is 6.20 Å². The number of aromatic nitrogens is 3. The second-order valence-corrected chi connectivity index (χ2v) is 6.17. The van der Waals surface area contributed by atoms with Crippen LogP contribution in [0, 0.1) is 11.6 Å². The van der Waals surface area contributed by atoms with Gasteiger partial charge in [0.15, 0.2) is 11.6 Å². The Labute approximate surface area is 161 Å². The topological polar surface area (TPSA) is 69.0 Å². The van der Waals surface area contributed by atoms with E-state index in [0.29, 0.717) is 30.6 Å². The number of aryl methyl sites for hydroxylation is 1. The number of hydrogen-bond acceptors (Lipinski definition) is 4. The summed E-state index contributed by atoms with van der Waals surface area (Å²) in [6, 6.07) is 12.7. The number of ether oxygens (including phenoxy) is 1. The molecular weight excluding hydrogens is 366 g/mol. The van der Waals surface area contributed by atoms with E-state index in [1.54, 1.807) is 36.5 Å². The van der Waals surface area contributed by atoms with E-state index in [0.717, 1.165) is 0 Å². The van der Waals surface area contributed by atoms with Crippen molar-refractivity contribution >= 4 is 5.91 Å². The molecule has 1 heterocycles. The Hall–Kier alpha value is -3.29. The first kappa shape index (κ1) is 19.5. The lowest BCUT2D eigenvalue weighted by Gasteiger charge is -2.06. The molecule has 0 aliphatic carbocycles. The largest absolute Gasteiger partial charge is 0.484 e. The molecular formula is C20H20F2N4O2. The number of nitrogens with zero attached hydrogens (tertiary/aromatic N) is 3. The van der Waals surface area contributed by atoms with Crippen LogP contribution in [0.2, 0.25) is 0 Å². The van der Waals surface area contributed by atoms with Gasteiger partial charge in [-0.15, -0.1) is 5.10 Å². The van der Waals surface area contributed by atoms with Crippen LogP contribution in [0.3, 0.4) is 0 Å². The predicted molar refractivity (Wildman–Crippen MR) is 98.5 cm³/mol. The molecule has 0 spiro atoms. The van der Waals surface area contributed by atoms with Crippen LogP contribution in [0.5, 0.6) is 5.75 Å². The van der Waals surface area contributed by atoms with Gasteiger partial charge >= 0.3 is 0 Å². The minimum atomic E-state index is -0.454. The summed E-state index contributed by atoms with van der Waals surface area (Å²) in [5.74, 6) is -0.782. The Bertz CT molecular complexity index is 930. The van der Waals surface area contributed by atoms with Crippen LogP contribution in [-0.4, -0.2) is 27.4 Å². The highest BCUT2D eigenvalue weighted by atomic mass is 19.1. The van der Waals surface area contributed by atoms with E-state index in [1.807, 2.05) is 0 Å². The molecule has 0 fully saturated rings. The van der Waals surface area contributed by atoms with Crippen molar-refractivity contribution in [2.24, 2.45) is 0 Å². The van der Waals surface area contributed by atoms with Gasteiger partial charge in [-0.3, -0.25) is 4.79 Å². The molecule has 1 N–H and O–H groups in total. The maximum absolute atomic E-state index is 13.5. The summed E-state index contributed by atoms with van der Waals surface area (Å²) >= 11 is 0. The molecule has 0 unspecified atom stereocenters. The first-order valence-corrected chi connectivity index (χ1v) is 8.88. The highest BCUT2D eigenvalue weighted by Gasteiger charge is 2.08. The molecule has 1 aromatic heterocycles. The molecule has 6 nitrogen and oxygen atoms in total. The Morgan fingerprint density at radius 1 is 1.07 bits per heavy atom. The third-order valence-corrected chi connectivity index (χ3v) is 4.01. The van der Waals surface area contributed by atoms with Gasteiger partial charge in [-0.25, -0.2) is 13.5 Å². The summed E-state index contributed by atoms with van der Waals surface area (Å²) < 4.78 is 33.8. The second-order valence-electron chi connectivity index (χ2n) is 6.17. The molecule has 146 valence electrons. The smallest absolute Gasteiger partial charge is 0.241 e. The number of carbonyl (C=O) groups is 1. The van der Waals surface area contributed by atoms with E-state index < -0.39 is 5.82 Å². The van der Waals surface area contributed by atoms with Crippen molar-refractivity contribution < 1.29 is 18.3 Å². The average Bonchev–Trinajstić information content (AvgIpc) is 3.13. The van der Waals surface area contributed by atoms with Gasteiger partial charge in [0, 0.05) is 6.54 Å². The summed E-state index contributed by atoms with van der Waals surface area (Å²) in [4.78, 5) is 12.0. The lowest BCUT2D eigenvalue weighted by molar-refractivity contribution is -0.121. The summed E-state index contributed by atoms with van der Waals surface area (Å²) in [5.41, 5.74) is 1.11. The molecule has 8 heteroatoms. The first-order chi connectivity index (χ1) is 13.6. The molecule has 0 saturated heterocycles. The Morgan fingerprint density at radius 3 is 2.61 bits per heavy atom. The van der Waals surface area contributed by atoms with Gasteiger partial charge in [0.25, 0.3) is 0 Å². The molecule has 0 aliphatic heterocycles. The number of para-hydroxylation sites is 1. The van der Waals surface area contributed by atoms with Crippen molar-refractivity contribution in [3.05, 3.63) is 77.6 Å².